The van der Waals surface area contributed by atoms with Gasteiger partial charge in [0.15, 0.2) is 0 Å². The van der Waals surface area contributed by atoms with Crippen molar-refractivity contribution < 1.29 is 4.79 Å². The number of carbonyl (C=O) groups is 1. The fourth-order valence-electron chi connectivity index (χ4n) is 1.76. The van der Waals surface area contributed by atoms with Crippen molar-refractivity contribution >= 4 is 23.3 Å². The summed E-state index contributed by atoms with van der Waals surface area (Å²) in [6.07, 6.45) is 2.42. The van der Waals surface area contributed by atoms with Gasteiger partial charge in [0.25, 0.3) is 5.91 Å². The molecule has 0 spiro atoms. The fraction of sp³-hybridized carbons (Fsp3) is 0.500. The molecule has 1 aliphatic rings. The van der Waals surface area contributed by atoms with E-state index in [-0.39, 0.29) is 11.9 Å². The maximum absolute atomic E-state index is 12.0. The van der Waals surface area contributed by atoms with Gasteiger partial charge in [-0.3, -0.25) is 4.79 Å². The number of halogens is 1. The summed E-state index contributed by atoms with van der Waals surface area (Å²) in [6, 6.07) is 3.51. The highest BCUT2D eigenvalue weighted by atomic mass is 35.5. The van der Waals surface area contributed by atoms with Crippen molar-refractivity contribution in [3.05, 3.63) is 22.8 Å². The Kier molecular flexibility index (Phi) is 3.52. The van der Waals surface area contributed by atoms with E-state index in [0.717, 1.165) is 0 Å². The van der Waals surface area contributed by atoms with E-state index < -0.39 is 0 Å². The molecule has 2 N–H and O–H groups in total. The third kappa shape index (κ3) is 3.09. The monoisotopic (exact) mass is 253 g/mol. The standard InChI is InChI=1S/C12H16ClN3O/c1-7(8-3-4-8)15-12(17)9-5-10(13)16-11(6-9)14-2/h5-8H,3-4H2,1-2H3,(H,14,16)(H,15,17). The molecule has 1 amide bonds. The Balaban J connectivity index is 2.09. The lowest BCUT2D eigenvalue weighted by Crippen LogP contribution is -2.34. The number of hydrogen-bond donors (Lipinski definition) is 2. The van der Waals surface area contributed by atoms with Crippen molar-refractivity contribution in [1.82, 2.24) is 10.3 Å². The van der Waals surface area contributed by atoms with Crippen LogP contribution in [0, 0.1) is 5.92 Å². The number of amides is 1. The van der Waals surface area contributed by atoms with Gasteiger partial charge in [-0.1, -0.05) is 11.6 Å². The molecule has 1 atom stereocenters. The maximum atomic E-state index is 12.0. The number of nitrogens with zero attached hydrogens (tertiary/aromatic N) is 1. The average molecular weight is 254 g/mol. The van der Waals surface area contributed by atoms with Crippen LogP contribution in [-0.4, -0.2) is 24.0 Å². The van der Waals surface area contributed by atoms with Gasteiger partial charge < -0.3 is 10.6 Å². The molecule has 0 saturated heterocycles. The lowest BCUT2D eigenvalue weighted by atomic mass is 10.2. The summed E-state index contributed by atoms with van der Waals surface area (Å²) in [5.41, 5.74) is 0.543. The molecule has 1 fully saturated rings. The number of nitrogens with one attached hydrogen (secondary N) is 2. The Morgan fingerprint density at radius 3 is 2.82 bits per heavy atom. The van der Waals surface area contributed by atoms with Gasteiger partial charge in [0, 0.05) is 18.7 Å². The zero-order valence-electron chi connectivity index (χ0n) is 9.96. The quantitative estimate of drug-likeness (QED) is 0.810. The van der Waals surface area contributed by atoms with E-state index in [9.17, 15) is 4.79 Å². The topological polar surface area (TPSA) is 54.0 Å². The van der Waals surface area contributed by atoms with Gasteiger partial charge in [0.05, 0.1) is 0 Å². The molecule has 0 radical (unpaired) electrons. The van der Waals surface area contributed by atoms with Crippen LogP contribution in [0.2, 0.25) is 5.15 Å². The summed E-state index contributed by atoms with van der Waals surface area (Å²) in [5.74, 6) is 1.15. The molecule has 4 nitrogen and oxygen atoms in total. The molecule has 0 aliphatic heterocycles. The number of aromatic nitrogens is 1. The Labute approximate surface area is 106 Å². The van der Waals surface area contributed by atoms with E-state index in [2.05, 4.69) is 15.6 Å². The lowest BCUT2D eigenvalue weighted by Gasteiger charge is -2.13. The summed E-state index contributed by atoms with van der Waals surface area (Å²) in [4.78, 5) is 16.0. The van der Waals surface area contributed by atoms with Crippen LogP contribution < -0.4 is 10.6 Å². The van der Waals surface area contributed by atoms with E-state index in [1.165, 1.54) is 12.8 Å². The highest BCUT2D eigenvalue weighted by Gasteiger charge is 2.29. The van der Waals surface area contributed by atoms with Crippen LogP contribution >= 0.6 is 11.6 Å². The first-order chi connectivity index (χ1) is 8.10. The molecule has 0 aromatic carbocycles. The van der Waals surface area contributed by atoms with Gasteiger partial charge in [0.2, 0.25) is 0 Å². The van der Waals surface area contributed by atoms with Gasteiger partial charge in [-0.25, -0.2) is 4.98 Å². The molecular formula is C12H16ClN3O. The van der Waals surface area contributed by atoms with Crippen LogP contribution in [-0.2, 0) is 0 Å². The van der Waals surface area contributed by atoms with E-state index >= 15 is 0 Å². The molecule has 5 heteroatoms. The summed E-state index contributed by atoms with van der Waals surface area (Å²) >= 11 is 5.85. The first-order valence-electron chi connectivity index (χ1n) is 5.76. The van der Waals surface area contributed by atoms with Gasteiger partial charge in [0.1, 0.15) is 11.0 Å². The summed E-state index contributed by atoms with van der Waals surface area (Å²) in [7, 11) is 1.74. The lowest BCUT2D eigenvalue weighted by molar-refractivity contribution is 0.0936. The third-order valence-corrected chi connectivity index (χ3v) is 3.19. The minimum atomic E-state index is -0.0924. The predicted octanol–water partition coefficient (Wildman–Crippen LogP) is 2.31. The average Bonchev–Trinajstić information content (AvgIpc) is 3.11. The summed E-state index contributed by atoms with van der Waals surface area (Å²) in [6.45, 7) is 2.04. The largest absolute Gasteiger partial charge is 0.373 e. The Hall–Kier alpha value is -1.29. The van der Waals surface area contributed by atoms with Gasteiger partial charge >= 0.3 is 0 Å². The SMILES string of the molecule is CNc1cc(C(=O)NC(C)C2CC2)cc(Cl)n1. The van der Waals surface area contributed by atoms with Crippen LogP contribution in [0.15, 0.2) is 12.1 Å². The van der Waals surface area contributed by atoms with Crippen LogP contribution in [0.5, 0.6) is 0 Å². The van der Waals surface area contributed by atoms with Crippen molar-refractivity contribution in [3.8, 4) is 0 Å². The molecule has 1 aromatic heterocycles. The fourth-order valence-corrected chi connectivity index (χ4v) is 1.97. The molecular weight excluding hydrogens is 238 g/mol. The summed E-state index contributed by atoms with van der Waals surface area (Å²) in [5, 5.41) is 6.18. The first-order valence-corrected chi connectivity index (χ1v) is 6.14. The van der Waals surface area contributed by atoms with Crippen molar-refractivity contribution in [1.29, 1.82) is 0 Å². The van der Waals surface area contributed by atoms with Crippen molar-refractivity contribution in [2.45, 2.75) is 25.8 Å². The Morgan fingerprint density at radius 1 is 1.53 bits per heavy atom. The van der Waals surface area contributed by atoms with Crippen LogP contribution in [0.25, 0.3) is 0 Å². The highest BCUT2D eigenvalue weighted by molar-refractivity contribution is 6.29. The van der Waals surface area contributed by atoms with E-state index in [1.807, 2.05) is 6.92 Å². The van der Waals surface area contributed by atoms with Crippen LogP contribution in [0.3, 0.4) is 0 Å². The number of pyridine rings is 1. The molecule has 1 saturated carbocycles. The minimum absolute atomic E-state index is 0.0924. The molecule has 1 unspecified atom stereocenters. The number of carbonyl (C=O) groups excluding carboxylic acids is 1. The zero-order valence-corrected chi connectivity index (χ0v) is 10.7. The molecule has 1 heterocycles. The zero-order chi connectivity index (χ0) is 12.4. The van der Waals surface area contributed by atoms with Gasteiger partial charge in [-0.05, 0) is 37.8 Å². The molecule has 1 aliphatic carbocycles. The number of hydrogen-bond acceptors (Lipinski definition) is 3. The normalized spacial score (nSPS) is 16.4. The second-order valence-electron chi connectivity index (χ2n) is 4.41. The molecule has 0 bridgehead atoms. The first kappa shape index (κ1) is 12.2. The van der Waals surface area contributed by atoms with Crippen molar-refractivity contribution in [2.24, 2.45) is 5.92 Å². The Bertz CT molecular complexity index is 432. The number of anilines is 1. The predicted molar refractivity (Wildman–Crippen MR) is 68.4 cm³/mol. The second kappa shape index (κ2) is 4.92. The van der Waals surface area contributed by atoms with E-state index in [4.69, 9.17) is 11.6 Å². The molecule has 2 rings (SSSR count). The summed E-state index contributed by atoms with van der Waals surface area (Å²) < 4.78 is 0. The van der Waals surface area contributed by atoms with E-state index in [0.29, 0.717) is 22.5 Å². The molecule has 92 valence electrons. The minimum Gasteiger partial charge on any atom is -0.373 e. The highest BCUT2D eigenvalue weighted by Crippen LogP contribution is 2.32. The Morgan fingerprint density at radius 2 is 2.24 bits per heavy atom. The third-order valence-electron chi connectivity index (χ3n) is 3.00. The smallest absolute Gasteiger partial charge is 0.251 e. The van der Waals surface area contributed by atoms with Crippen LogP contribution in [0.4, 0.5) is 5.82 Å². The maximum Gasteiger partial charge on any atom is 0.251 e. The second-order valence-corrected chi connectivity index (χ2v) is 4.80. The number of rotatable bonds is 4. The van der Waals surface area contributed by atoms with E-state index in [1.54, 1.807) is 19.2 Å². The van der Waals surface area contributed by atoms with Crippen LogP contribution in [0.1, 0.15) is 30.1 Å². The van der Waals surface area contributed by atoms with Crippen molar-refractivity contribution in [3.63, 3.8) is 0 Å². The van der Waals surface area contributed by atoms with Gasteiger partial charge in [-0.2, -0.15) is 0 Å². The van der Waals surface area contributed by atoms with Crippen molar-refractivity contribution in [2.75, 3.05) is 12.4 Å². The van der Waals surface area contributed by atoms with Gasteiger partial charge in [-0.15, -0.1) is 0 Å². The molecule has 17 heavy (non-hydrogen) atoms. The molecule has 1 aromatic rings.